The fourth-order valence-electron chi connectivity index (χ4n) is 1.98. The number of benzene rings is 1. The van der Waals surface area contributed by atoms with Gasteiger partial charge in [0.1, 0.15) is 5.82 Å². The van der Waals surface area contributed by atoms with Crippen molar-refractivity contribution in [1.82, 2.24) is 9.55 Å². The summed E-state index contributed by atoms with van der Waals surface area (Å²) in [5.74, 6) is 0.109. The Morgan fingerprint density at radius 1 is 1.47 bits per heavy atom. The number of halogens is 1. The van der Waals surface area contributed by atoms with E-state index in [0.29, 0.717) is 11.4 Å². The van der Waals surface area contributed by atoms with Gasteiger partial charge >= 0.3 is 5.97 Å². The average Bonchev–Trinajstić information content (AvgIpc) is 2.75. The highest BCUT2D eigenvalue weighted by molar-refractivity contribution is 6.32. The van der Waals surface area contributed by atoms with Gasteiger partial charge in [0, 0.05) is 18.8 Å². The fourth-order valence-corrected chi connectivity index (χ4v) is 2.27. The number of aromatic nitrogens is 2. The van der Waals surface area contributed by atoms with Crippen LogP contribution in [0.5, 0.6) is 0 Å². The number of carbonyl (C=O) groups is 1. The van der Waals surface area contributed by atoms with E-state index in [1.54, 1.807) is 6.20 Å². The van der Waals surface area contributed by atoms with Gasteiger partial charge in [-0.25, -0.2) is 4.98 Å². The zero-order valence-corrected chi connectivity index (χ0v) is 11.4. The maximum atomic E-state index is 10.5. The third kappa shape index (κ3) is 3.35. The van der Waals surface area contributed by atoms with Crippen LogP contribution in [-0.4, -0.2) is 20.6 Å². The molecule has 5 heteroatoms. The van der Waals surface area contributed by atoms with Gasteiger partial charge in [-0.05, 0) is 37.5 Å². The molecule has 0 radical (unpaired) electrons. The number of aryl methyl sites for hydroxylation is 2. The van der Waals surface area contributed by atoms with Gasteiger partial charge in [-0.3, -0.25) is 4.79 Å². The first-order valence-electron chi connectivity index (χ1n) is 6.08. The van der Waals surface area contributed by atoms with Crippen LogP contribution in [0.2, 0.25) is 5.02 Å². The average molecular weight is 279 g/mol. The second-order valence-corrected chi connectivity index (χ2v) is 4.78. The van der Waals surface area contributed by atoms with Crippen LogP contribution >= 0.6 is 11.6 Å². The van der Waals surface area contributed by atoms with Crippen LogP contribution in [0.25, 0.3) is 5.69 Å². The number of hydrogen-bond acceptors (Lipinski definition) is 2. The molecule has 0 atom stereocenters. The molecule has 0 spiro atoms. The van der Waals surface area contributed by atoms with Crippen molar-refractivity contribution in [3.05, 3.63) is 47.0 Å². The number of rotatable bonds is 5. The molecule has 2 rings (SSSR count). The molecular formula is C14H15ClN2O2. The predicted octanol–water partition coefficient (Wildman–Crippen LogP) is 3.24. The maximum Gasteiger partial charge on any atom is 0.303 e. The largest absolute Gasteiger partial charge is 0.481 e. The highest BCUT2D eigenvalue weighted by Gasteiger charge is 2.07. The molecule has 0 amide bonds. The number of nitrogens with zero attached hydrogens (tertiary/aromatic N) is 2. The quantitative estimate of drug-likeness (QED) is 0.913. The summed E-state index contributed by atoms with van der Waals surface area (Å²) in [5, 5.41) is 9.26. The second kappa shape index (κ2) is 5.89. The van der Waals surface area contributed by atoms with Crippen LogP contribution < -0.4 is 0 Å². The summed E-state index contributed by atoms with van der Waals surface area (Å²) in [6.45, 7) is 1.91. The third-order valence-electron chi connectivity index (χ3n) is 2.95. The van der Waals surface area contributed by atoms with Gasteiger partial charge in [-0.1, -0.05) is 17.7 Å². The summed E-state index contributed by atoms with van der Waals surface area (Å²) in [4.78, 5) is 14.6. The summed E-state index contributed by atoms with van der Waals surface area (Å²) >= 11 is 6.27. The number of aliphatic carboxylic acids is 1. The first-order valence-corrected chi connectivity index (χ1v) is 6.46. The SMILES string of the molecule is Cc1nccn1-c1ccc(CCCC(=O)O)cc1Cl. The normalized spacial score (nSPS) is 10.6. The van der Waals surface area contributed by atoms with E-state index in [1.807, 2.05) is 35.9 Å². The fraction of sp³-hybridized carbons (Fsp3) is 0.286. The number of hydrogen-bond donors (Lipinski definition) is 1. The molecule has 1 N–H and O–H groups in total. The van der Waals surface area contributed by atoms with Crippen LogP contribution in [0.3, 0.4) is 0 Å². The number of carboxylic acids is 1. The Bertz CT molecular complexity index is 593. The molecule has 1 aromatic heterocycles. The second-order valence-electron chi connectivity index (χ2n) is 4.38. The maximum absolute atomic E-state index is 10.5. The van der Waals surface area contributed by atoms with Gasteiger partial charge in [-0.15, -0.1) is 0 Å². The standard InChI is InChI=1S/C14H15ClN2O2/c1-10-16-7-8-17(10)13-6-5-11(9-12(13)15)3-2-4-14(18)19/h5-9H,2-4H2,1H3,(H,18,19). The Balaban J connectivity index is 2.14. The lowest BCUT2D eigenvalue weighted by Gasteiger charge is -2.09. The van der Waals surface area contributed by atoms with Gasteiger partial charge in [0.05, 0.1) is 10.7 Å². The van der Waals surface area contributed by atoms with Gasteiger partial charge in [0.25, 0.3) is 0 Å². The Kier molecular flexibility index (Phi) is 4.22. The van der Waals surface area contributed by atoms with E-state index < -0.39 is 5.97 Å². The minimum Gasteiger partial charge on any atom is -0.481 e. The molecule has 2 aromatic rings. The van der Waals surface area contributed by atoms with E-state index in [2.05, 4.69) is 4.98 Å². The summed E-state index contributed by atoms with van der Waals surface area (Å²) in [5.41, 5.74) is 1.94. The van der Waals surface area contributed by atoms with Gasteiger partial charge in [-0.2, -0.15) is 0 Å². The zero-order chi connectivity index (χ0) is 13.8. The van der Waals surface area contributed by atoms with Crippen LogP contribution in [-0.2, 0) is 11.2 Å². The van der Waals surface area contributed by atoms with Crippen molar-refractivity contribution >= 4 is 17.6 Å². The Morgan fingerprint density at radius 3 is 2.84 bits per heavy atom. The van der Waals surface area contributed by atoms with Crippen molar-refractivity contribution in [2.75, 3.05) is 0 Å². The topological polar surface area (TPSA) is 55.1 Å². The zero-order valence-electron chi connectivity index (χ0n) is 10.6. The van der Waals surface area contributed by atoms with Crippen LogP contribution in [0.1, 0.15) is 24.2 Å². The first kappa shape index (κ1) is 13.6. The van der Waals surface area contributed by atoms with Crippen molar-refractivity contribution in [1.29, 1.82) is 0 Å². The molecular weight excluding hydrogens is 264 g/mol. The summed E-state index contributed by atoms with van der Waals surface area (Å²) in [7, 11) is 0. The van der Waals surface area contributed by atoms with E-state index in [-0.39, 0.29) is 6.42 Å². The molecule has 4 nitrogen and oxygen atoms in total. The Hall–Kier alpha value is -1.81. The molecule has 0 saturated carbocycles. The lowest BCUT2D eigenvalue weighted by atomic mass is 10.1. The molecule has 0 aliphatic carbocycles. The van der Waals surface area contributed by atoms with Crippen molar-refractivity contribution in [2.24, 2.45) is 0 Å². The monoisotopic (exact) mass is 278 g/mol. The molecule has 0 fully saturated rings. The Morgan fingerprint density at radius 2 is 2.26 bits per heavy atom. The summed E-state index contributed by atoms with van der Waals surface area (Å²) in [6.07, 6.45) is 5.11. The van der Waals surface area contributed by atoms with Crippen molar-refractivity contribution < 1.29 is 9.90 Å². The van der Waals surface area contributed by atoms with E-state index in [9.17, 15) is 4.79 Å². The lowest BCUT2D eigenvalue weighted by Crippen LogP contribution is -1.99. The predicted molar refractivity (Wildman–Crippen MR) is 73.9 cm³/mol. The van der Waals surface area contributed by atoms with E-state index in [4.69, 9.17) is 16.7 Å². The molecule has 0 unspecified atom stereocenters. The van der Waals surface area contributed by atoms with E-state index in [1.165, 1.54) is 0 Å². The smallest absolute Gasteiger partial charge is 0.303 e. The molecule has 19 heavy (non-hydrogen) atoms. The first-order chi connectivity index (χ1) is 9.08. The minimum atomic E-state index is -0.767. The van der Waals surface area contributed by atoms with Gasteiger partial charge in [0.2, 0.25) is 0 Å². The third-order valence-corrected chi connectivity index (χ3v) is 3.26. The summed E-state index contributed by atoms with van der Waals surface area (Å²) in [6, 6.07) is 5.80. The summed E-state index contributed by atoms with van der Waals surface area (Å²) < 4.78 is 1.92. The molecule has 0 bridgehead atoms. The lowest BCUT2D eigenvalue weighted by molar-refractivity contribution is -0.137. The van der Waals surface area contributed by atoms with Crippen molar-refractivity contribution in [2.45, 2.75) is 26.2 Å². The highest BCUT2D eigenvalue weighted by Crippen LogP contribution is 2.23. The van der Waals surface area contributed by atoms with Crippen LogP contribution in [0, 0.1) is 6.92 Å². The van der Waals surface area contributed by atoms with Gasteiger partial charge in [0.15, 0.2) is 0 Å². The molecule has 100 valence electrons. The molecule has 1 aromatic carbocycles. The van der Waals surface area contributed by atoms with Crippen LogP contribution in [0.15, 0.2) is 30.6 Å². The molecule has 1 heterocycles. The molecule has 0 aliphatic heterocycles. The van der Waals surface area contributed by atoms with E-state index in [0.717, 1.165) is 23.5 Å². The minimum absolute atomic E-state index is 0.181. The van der Waals surface area contributed by atoms with Crippen molar-refractivity contribution in [3.63, 3.8) is 0 Å². The number of carboxylic acid groups (broad SMARTS) is 1. The Labute approximate surface area is 116 Å². The van der Waals surface area contributed by atoms with Crippen molar-refractivity contribution in [3.8, 4) is 5.69 Å². The van der Waals surface area contributed by atoms with Crippen LogP contribution in [0.4, 0.5) is 0 Å². The highest BCUT2D eigenvalue weighted by atomic mass is 35.5. The molecule has 0 aliphatic rings. The van der Waals surface area contributed by atoms with E-state index >= 15 is 0 Å². The molecule has 0 saturated heterocycles. The van der Waals surface area contributed by atoms with Gasteiger partial charge < -0.3 is 9.67 Å². The number of imidazole rings is 1.